The first kappa shape index (κ1) is 20.3. The highest BCUT2D eigenvalue weighted by molar-refractivity contribution is 7.77. The maximum absolute atomic E-state index is 10.4. The lowest BCUT2D eigenvalue weighted by atomic mass is 9.86. The van der Waals surface area contributed by atoms with E-state index in [1.807, 2.05) is 30.3 Å². The molecule has 0 spiro atoms. The smallest absolute Gasteiger partial charge is 0.0322 e. The predicted octanol–water partition coefficient (Wildman–Crippen LogP) is 4.38. The molecule has 0 aliphatic rings. The van der Waals surface area contributed by atoms with Crippen LogP contribution >= 0.6 is 0 Å². The molecular weight excluding hydrogens is 318 g/mol. The third-order valence-electron chi connectivity index (χ3n) is 3.50. The second-order valence-electron chi connectivity index (χ2n) is 6.64. The molecule has 2 aromatic rings. The summed E-state index contributed by atoms with van der Waals surface area (Å²) in [5, 5.41) is 0. The van der Waals surface area contributed by atoms with Gasteiger partial charge in [-0.25, -0.2) is 4.72 Å². The molecule has 0 heterocycles. The molecule has 0 aliphatic heterocycles. The molecule has 4 heteroatoms. The summed E-state index contributed by atoms with van der Waals surface area (Å²) >= 11 is -2.24. The molecule has 0 saturated heterocycles. The number of benzene rings is 2. The van der Waals surface area contributed by atoms with Gasteiger partial charge in [0.15, 0.2) is 0 Å². The van der Waals surface area contributed by atoms with Crippen LogP contribution in [0.2, 0.25) is 0 Å². The van der Waals surface area contributed by atoms with Gasteiger partial charge in [0, 0.05) is 17.8 Å². The van der Waals surface area contributed by atoms with Gasteiger partial charge in [0.1, 0.15) is 0 Å². The average Bonchev–Trinajstić information content (AvgIpc) is 2.53. The zero-order valence-corrected chi connectivity index (χ0v) is 15.7. The van der Waals surface area contributed by atoms with Crippen molar-refractivity contribution in [2.24, 2.45) is 0 Å². The van der Waals surface area contributed by atoms with Gasteiger partial charge in [-0.15, -0.1) is 0 Å². The molecule has 2 aromatic carbocycles. The normalized spacial score (nSPS) is 12.0. The van der Waals surface area contributed by atoms with E-state index in [-0.39, 0.29) is 12.0 Å². The number of nitrogens with one attached hydrogen (secondary N) is 1. The fraction of sp³-hybridized carbons (Fsp3) is 0.300. The topological polar surface area (TPSA) is 52.2 Å². The number of hydrogen-bond donors (Lipinski definition) is 1. The predicted molar refractivity (Wildman–Crippen MR) is 102 cm³/mol. The van der Waals surface area contributed by atoms with Gasteiger partial charge >= 0.3 is 0 Å². The quantitative estimate of drug-likeness (QED) is 0.837. The lowest BCUT2D eigenvalue weighted by Gasteiger charge is -2.19. The van der Waals surface area contributed by atoms with Crippen molar-refractivity contribution in [2.75, 3.05) is 6.54 Å². The van der Waals surface area contributed by atoms with Crippen molar-refractivity contribution in [1.29, 1.82) is 0 Å². The summed E-state index contributed by atoms with van der Waals surface area (Å²) in [6.07, 6.45) is 0. The van der Waals surface area contributed by atoms with Crippen LogP contribution in [0.1, 0.15) is 37.5 Å². The molecule has 0 aliphatic carbocycles. The van der Waals surface area contributed by atoms with Crippen molar-refractivity contribution in [2.45, 2.75) is 33.1 Å². The maximum atomic E-state index is 10.4. The molecule has 0 radical (unpaired) electrons. The zero-order valence-electron chi connectivity index (χ0n) is 14.8. The molecule has 1 unspecified atom stereocenters. The van der Waals surface area contributed by atoms with Gasteiger partial charge in [0.05, 0.1) is 0 Å². The minimum absolute atomic E-state index is 0.120. The van der Waals surface area contributed by atoms with Gasteiger partial charge in [0.2, 0.25) is 0 Å². The van der Waals surface area contributed by atoms with E-state index >= 15 is 0 Å². The van der Waals surface area contributed by atoms with E-state index < -0.39 is 11.3 Å². The van der Waals surface area contributed by atoms with Crippen molar-refractivity contribution in [3.05, 3.63) is 77.9 Å². The van der Waals surface area contributed by atoms with Crippen LogP contribution in [0.3, 0.4) is 0 Å². The summed E-state index contributed by atoms with van der Waals surface area (Å²) in [6, 6.07) is 18.3. The lowest BCUT2D eigenvalue weighted by Crippen LogP contribution is -2.18. The van der Waals surface area contributed by atoms with Crippen molar-refractivity contribution in [3.63, 3.8) is 0 Å². The molecule has 0 bridgehead atoms. The van der Waals surface area contributed by atoms with Crippen molar-refractivity contribution >= 4 is 16.8 Å². The van der Waals surface area contributed by atoms with Crippen molar-refractivity contribution in [3.8, 4) is 0 Å². The van der Waals surface area contributed by atoms with Crippen LogP contribution in [-0.4, -0.2) is 15.3 Å². The Kier molecular flexibility index (Phi) is 8.05. The molecule has 2 rings (SSSR count). The number of rotatable bonds is 4. The highest BCUT2D eigenvalue weighted by Crippen LogP contribution is 2.23. The van der Waals surface area contributed by atoms with Gasteiger partial charge in [-0.3, -0.25) is 4.21 Å². The number of hydrogen-bond acceptors (Lipinski definition) is 2. The Labute approximate surface area is 148 Å². The van der Waals surface area contributed by atoms with Gasteiger partial charge in [-0.2, -0.15) is 0 Å². The first-order valence-corrected chi connectivity index (χ1v) is 8.91. The minimum atomic E-state index is -2.24. The summed E-state index contributed by atoms with van der Waals surface area (Å²) in [6.45, 7) is 12.6. The maximum Gasteiger partial charge on any atom is 0.0322 e. The molecule has 3 nitrogen and oxygen atoms in total. The molecule has 24 heavy (non-hydrogen) atoms. The monoisotopic (exact) mass is 344 g/mol. The Morgan fingerprint density at radius 1 is 1.08 bits per heavy atom. The van der Waals surface area contributed by atoms with Crippen LogP contribution in [0.5, 0.6) is 0 Å². The molecule has 1 atom stereocenters. The van der Waals surface area contributed by atoms with Gasteiger partial charge in [-0.1, -0.05) is 87.5 Å². The molecule has 130 valence electrons. The van der Waals surface area contributed by atoms with Crippen LogP contribution in [-0.2, 0) is 16.7 Å². The van der Waals surface area contributed by atoms with Crippen molar-refractivity contribution in [1.82, 2.24) is 4.72 Å². The Balaban J connectivity index is 0.000000341. The molecule has 0 saturated carbocycles. The number of aryl methyl sites for hydroxylation is 1. The Bertz CT molecular complexity index is 658. The van der Waals surface area contributed by atoms with E-state index in [9.17, 15) is 8.76 Å². The van der Waals surface area contributed by atoms with E-state index in [1.54, 1.807) is 0 Å². The Hall–Kier alpha value is -1.75. The second kappa shape index (κ2) is 9.52. The van der Waals surface area contributed by atoms with Crippen LogP contribution in [0, 0.1) is 6.92 Å². The lowest BCUT2D eigenvalue weighted by molar-refractivity contribution is 0.527. The molecular formula is C20H26NO2S-. The molecule has 0 aromatic heterocycles. The molecule has 0 fully saturated rings. The Morgan fingerprint density at radius 3 is 2.00 bits per heavy atom. The van der Waals surface area contributed by atoms with Crippen LogP contribution in [0.25, 0.3) is 5.57 Å². The zero-order chi connectivity index (χ0) is 18.2. The fourth-order valence-electron chi connectivity index (χ4n) is 1.99. The first-order valence-electron chi connectivity index (χ1n) is 7.83. The minimum Gasteiger partial charge on any atom is -0.760 e. The highest BCUT2D eigenvalue weighted by atomic mass is 32.2. The van der Waals surface area contributed by atoms with Crippen LogP contribution < -0.4 is 4.72 Å². The van der Waals surface area contributed by atoms with Gasteiger partial charge < -0.3 is 4.55 Å². The summed E-state index contributed by atoms with van der Waals surface area (Å²) in [4.78, 5) is 0. The summed E-state index contributed by atoms with van der Waals surface area (Å²) < 4.78 is 23.0. The summed E-state index contributed by atoms with van der Waals surface area (Å²) in [7, 11) is 0. The summed E-state index contributed by atoms with van der Waals surface area (Å²) in [5.74, 6) is 0. The standard InChI is InChI=1S/C13H19NO2S.C7H8/c1-10(9-14-17(15)16)11-5-7-12(8-6-11)13(2,3)4;1-7-5-3-2-4-6-7/h5-8,14H,1,9H2,2-4H3,(H,15,16);2-6H,1H3/p-1. The average molecular weight is 345 g/mol. The SMILES string of the molecule is C=C(CNS(=O)[O-])c1ccc(C(C)(C)C)cc1.Cc1ccccc1. The second-order valence-corrected chi connectivity index (χ2v) is 7.40. The first-order chi connectivity index (χ1) is 11.2. The van der Waals surface area contributed by atoms with E-state index in [1.165, 1.54) is 11.1 Å². The van der Waals surface area contributed by atoms with E-state index in [4.69, 9.17) is 0 Å². The molecule has 0 amide bonds. The fourth-order valence-corrected chi connectivity index (χ4v) is 2.28. The van der Waals surface area contributed by atoms with E-state index in [0.717, 1.165) is 11.1 Å². The Morgan fingerprint density at radius 2 is 1.62 bits per heavy atom. The van der Waals surface area contributed by atoms with Crippen LogP contribution in [0.4, 0.5) is 0 Å². The van der Waals surface area contributed by atoms with Crippen molar-refractivity contribution < 1.29 is 8.76 Å². The summed E-state index contributed by atoms with van der Waals surface area (Å²) in [5.41, 5.74) is 4.40. The van der Waals surface area contributed by atoms with E-state index in [0.29, 0.717) is 0 Å². The highest BCUT2D eigenvalue weighted by Gasteiger charge is 2.13. The van der Waals surface area contributed by atoms with Crippen LogP contribution in [0.15, 0.2) is 61.2 Å². The molecule has 1 N–H and O–H groups in total. The third-order valence-corrected chi connectivity index (χ3v) is 3.88. The third kappa shape index (κ3) is 7.68. The largest absolute Gasteiger partial charge is 0.760 e. The van der Waals surface area contributed by atoms with Gasteiger partial charge in [-0.05, 0) is 29.0 Å². The van der Waals surface area contributed by atoms with E-state index in [2.05, 4.69) is 63.3 Å². The van der Waals surface area contributed by atoms with Gasteiger partial charge in [0.25, 0.3) is 0 Å².